The molecule has 0 spiro atoms. The van der Waals surface area contributed by atoms with Gasteiger partial charge in [-0.15, -0.1) is 0 Å². The fourth-order valence-electron chi connectivity index (χ4n) is 2.39. The van der Waals surface area contributed by atoms with Crippen LogP contribution in [0.15, 0.2) is 36.0 Å². The van der Waals surface area contributed by atoms with Crippen molar-refractivity contribution in [1.82, 2.24) is 0 Å². The van der Waals surface area contributed by atoms with Gasteiger partial charge in [0.1, 0.15) is 0 Å². The molecule has 1 nitrogen and oxygen atoms in total. The van der Waals surface area contributed by atoms with Crippen LogP contribution in [0.25, 0.3) is 0 Å². The number of unbranched alkanes of at least 4 members (excludes halogenated alkanes) is 4. The maximum atomic E-state index is 8.29. The Morgan fingerprint density at radius 1 is 1.00 bits per heavy atom. The van der Waals surface area contributed by atoms with E-state index in [2.05, 4.69) is 58.1 Å². The zero-order valence-electron chi connectivity index (χ0n) is 15.7. The molecule has 0 saturated carbocycles. The Labute approximate surface area is 149 Å². The second kappa shape index (κ2) is 16.1. The lowest BCUT2D eigenvalue weighted by atomic mass is 9.92. The summed E-state index contributed by atoms with van der Waals surface area (Å²) >= 11 is 1.94. The van der Waals surface area contributed by atoms with Crippen molar-refractivity contribution in [2.45, 2.75) is 72.6 Å². The summed E-state index contributed by atoms with van der Waals surface area (Å²) in [5.41, 5.74) is 2.17. The lowest BCUT2D eigenvalue weighted by molar-refractivity contribution is 0.673. The Morgan fingerprint density at radius 3 is 2.39 bits per heavy atom. The largest absolute Gasteiger partial charge is 0.309 e. The molecule has 0 fully saturated rings. The highest BCUT2D eigenvalue weighted by atomic mass is 32.2. The Balaban J connectivity index is 4.06. The van der Waals surface area contributed by atoms with Gasteiger partial charge in [-0.25, -0.2) is 0 Å². The predicted molar refractivity (Wildman–Crippen MR) is 110 cm³/mol. The molecule has 132 valence electrons. The summed E-state index contributed by atoms with van der Waals surface area (Å²) < 4.78 is 0. The van der Waals surface area contributed by atoms with Crippen LogP contribution in [0.2, 0.25) is 0 Å². The van der Waals surface area contributed by atoms with Crippen molar-refractivity contribution < 1.29 is 0 Å². The highest BCUT2D eigenvalue weighted by Gasteiger charge is 2.11. The zero-order chi connectivity index (χ0) is 17.3. The van der Waals surface area contributed by atoms with Gasteiger partial charge in [0.25, 0.3) is 0 Å². The van der Waals surface area contributed by atoms with Crippen molar-refractivity contribution in [2.75, 3.05) is 11.5 Å². The van der Waals surface area contributed by atoms with Gasteiger partial charge >= 0.3 is 0 Å². The van der Waals surface area contributed by atoms with E-state index in [4.69, 9.17) is 5.41 Å². The lowest BCUT2D eigenvalue weighted by Gasteiger charge is -2.14. The van der Waals surface area contributed by atoms with Crippen LogP contribution in [0.3, 0.4) is 0 Å². The smallest absolute Gasteiger partial charge is 0.0185 e. The minimum Gasteiger partial charge on any atom is -0.309 e. The van der Waals surface area contributed by atoms with Gasteiger partial charge in [-0.2, -0.15) is 11.8 Å². The molecular formula is C21H37NS. The van der Waals surface area contributed by atoms with Crippen molar-refractivity contribution in [1.29, 1.82) is 5.41 Å². The molecule has 23 heavy (non-hydrogen) atoms. The Kier molecular flexibility index (Phi) is 15.6. The van der Waals surface area contributed by atoms with Gasteiger partial charge in [0, 0.05) is 23.1 Å². The first-order valence-corrected chi connectivity index (χ1v) is 10.5. The summed E-state index contributed by atoms with van der Waals surface area (Å²) in [5, 5.41) is 8.29. The van der Waals surface area contributed by atoms with Crippen molar-refractivity contribution in [2.24, 2.45) is 5.92 Å². The maximum Gasteiger partial charge on any atom is 0.0185 e. The summed E-state index contributed by atoms with van der Waals surface area (Å²) in [6.07, 6.45) is 19.5. The second-order valence-electron chi connectivity index (χ2n) is 6.05. The van der Waals surface area contributed by atoms with Crippen LogP contribution in [0.5, 0.6) is 0 Å². The van der Waals surface area contributed by atoms with Crippen LogP contribution in [-0.4, -0.2) is 17.2 Å². The number of allylic oxidation sites excluding steroid dienone is 4. The molecule has 0 aromatic carbocycles. The second-order valence-corrected chi connectivity index (χ2v) is 7.12. The molecule has 0 radical (unpaired) electrons. The van der Waals surface area contributed by atoms with E-state index in [1.807, 2.05) is 11.8 Å². The standard InChI is InChI=1S/C21H37NS/c1-5-8-10-12-16-21(22)19(4)20(7-3)15-14-18-23-17-13-11-9-6-2/h7,11,13-15,19,22H,5-6,8-10,12,16-18H2,1-4H3/b13-11-,15-14-,20-7+,22-21?/t19-/m0/s1. The molecule has 0 heterocycles. The third kappa shape index (κ3) is 12.3. The first-order chi connectivity index (χ1) is 11.2. The highest BCUT2D eigenvalue weighted by Crippen LogP contribution is 2.18. The minimum absolute atomic E-state index is 0.257. The summed E-state index contributed by atoms with van der Waals surface area (Å²) in [6, 6.07) is 0. The quantitative estimate of drug-likeness (QED) is 0.154. The number of hydrogen-bond acceptors (Lipinski definition) is 2. The molecule has 0 aliphatic rings. The van der Waals surface area contributed by atoms with E-state index >= 15 is 0 Å². The molecule has 0 unspecified atom stereocenters. The fraction of sp³-hybridized carbons (Fsp3) is 0.667. The van der Waals surface area contributed by atoms with Crippen LogP contribution in [0, 0.1) is 11.3 Å². The Bertz CT molecular complexity index is 379. The Morgan fingerprint density at radius 2 is 1.74 bits per heavy atom. The molecule has 1 atom stereocenters. The van der Waals surface area contributed by atoms with Crippen molar-refractivity contribution in [3.63, 3.8) is 0 Å². The summed E-state index contributed by atoms with van der Waals surface area (Å²) in [5.74, 6) is 2.40. The third-order valence-corrected chi connectivity index (χ3v) is 4.87. The molecule has 0 aromatic heterocycles. The van der Waals surface area contributed by atoms with E-state index < -0.39 is 0 Å². The van der Waals surface area contributed by atoms with Crippen LogP contribution in [0.1, 0.15) is 72.6 Å². The van der Waals surface area contributed by atoms with Crippen molar-refractivity contribution in [3.8, 4) is 0 Å². The van der Waals surface area contributed by atoms with E-state index in [0.29, 0.717) is 0 Å². The third-order valence-electron chi connectivity index (χ3n) is 4.02. The number of nitrogens with one attached hydrogen (secondary N) is 1. The highest BCUT2D eigenvalue weighted by molar-refractivity contribution is 7.99. The van der Waals surface area contributed by atoms with Gasteiger partial charge in [0.05, 0.1) is 0 Å². The molecule has 0 saturated heterocycles. The molecule has 0 aliphatic carbocycles. The summed E-state index contributed by atoms with van der Waals surface area (Å²) in [4.78, 5) is 0. The molecule has 0 rings (SSSR count). The van der Waals surface area contributed by atoms with Crippen molar-refractivity contribution in [3.05, 3.63) is 36.0 Å². The van der Waals surface area contributed by atoms with Crippen LogP contribution in [-0.2, 0) is 0 Å². The minimum atomic E-state index is 0.257. The van der Waals surface area contributed by atoms with Gasteiger partial charge in [0.15, 0.2) is 0 Å². The number of thioether (sulfide) groups is 1. The van der Waals surface area contributed by atoms with Crippen LogP contribution >= 0.6 is 11.8 Å². The lowest BCUT2D eigenvalue weighted by Crippen LogP contribution is -2.11. The number of rotatable bonds is 14. The first kappa shape index (κ1) is 22.2. The SMILES string of the molecule is C/C=C(\C=C/CSC/C=C\CCC)[C@H](C)C(=N)CCCCCC. The summed E-state index contributed by atoms with van der Waals surface area (Å²) in [7, 11) is 0. The molecule has 0 aliphatic heterocycles. The predicted octanol–water partition coefficient (Wildman–Crippen LogP) is 7.20. The zero-order valence-corrected chi connectivity index (χ0v) is 16.6. The maximum absolute atomic E-state index is 8.29. The average Bonchev–Trinajstić information content (AvgIpc) is 2.56. The topological polar surface area (TPSA) is 23.9 Å². The molecule has 0 amide bonds. The monoisotopic (exact) mass is 335 g/mol. The molecule has 1 N–H and O–H groups in total. The van der Waals surface area contributed by atoms with E-state index in [1.54, 1.807) is 0 Å². The molecule has 0 bridgehead atoms. The van der Waals surface area contributed by atoms with Gasteiger partial charge < -0.3 is 5.41 Å². The normalized spacial score (nSPS) is 14.0. The molecular weight excluding hydrogens is 298 g/mol. The van der Waals surface area contributed by atoms with E-state index in [-0.39, 0.29) is 5.92 Å². The molecule has 2 heteroatoms. The van der Waals surface area contributed by atoms with Crippen LogP contribution in [0.4, 0.5) is 0 Å². The van der Waals surface area contributed by atoms with E-state index in [9.17, 15) is 0 Å². The average molecular weight is 336 g/mol. The van der Waals surface area contributed by atoms with E-state index in [1.165, 1.54) is 37.7 Å². The molecule has 0 aromatic rings. The van der Waals surface area contributed by atoms with Gasteiger partial charge in [-0.05, 0) is 31.8 Å². The summed E-state index contributed by atoms with van der Waals surface area (Å²) in [6.45, 7) is 8.69. The number of hydrogen-bond donors (Lipinski definition) is 1. The fourth-order valence-corrected chi connectivity index (χ4v) is 3.03. The Hall–Kier alpha value is -0.760. The van der Waals surface area contributed by atoms with Crippen molar-refractivity contribution >= 4 is 17.5 Å². The first-order valence-electron chi connectivity index (χ1n) is 9.30. The van der Waals surface area contributed by atoms with E-state index in [0.717, 1.165) is 30.1 Å². The van der Waals surface area contributed by atoms with Gasteiger partial charge in [-0.3, -0.25) is 0 Å². The van der Waals surface area contributed by atoms with Gasteiger partial charge in [0.2, 0.25) is 0 Å². The van der Waals surface area contributed by atoms with Gasteiger partial charge in [-0.1, -0.05) is 76.8 Å². The van der Waals surface area contributed by atoms with Crippen LogP contribution < -0.4 is 0 Å².